The van der Waals surface area contributed by atoms with Crippen LogP contribution in [0.15, 0.2) is 227 Å². The van der Waals surface area contributed by atoms with E-state index in [1.165, 1.54) is 11.1 Å². The van der Waals surface area contributed by atoms with Crippen molar-refractivity contribution in [3.8, 4) is 22.3 Å². The van der Waals surface area contributed by atoms with Crippen molar-refractivity contribution in [1.29, 1.82) is 0 Å². The van der Waals surface area contributed by atoms with Crippen molar-refractivity contribution in [1.82, 2.24) is 0 Å². The molecule has 0 aliphatic heterocycles. The minimum Gasteiger partial charge on any atom is -0.454 e. The summed E-state index contributed by atoms with van der Waals surface area (Å²) in [5.41, 5.74) is 13.8. The van der Waals surface area contributed by atoms with Crippen LogP contribution in [0.2, 0.25) is 0 Å². The molecule has 0 N–H and O–H groups in total. The van der Waals surface area contributed by atoms with Gasteiger partial charge in [0.2, 0.25) is 0 Å². The van der Waals surface area contributed by atoms with Crippen molar-refractivity contribution in [3.63, 3.8) is 0 Å². The van der Waals surface area contributed by atoms with Crippen LogP contribution in [0, 0.1) is 11.6 Å². The standard InChI is InChI=1S/C70H50F2N2O2/c1-41(2)55-39-63(73(59-35-29-45(71)37-57(59)43-17-7-5-8-18-43)61-25-15-23-51-47-21-11-13-27-65(47)75-69(51)61)53-34-32-50-56(42(3)4)40-64(54-33-31-49(55)67(53)68(50)54)74(60-36-30-46(72)38-58(60)44-19-9-6-10-20-44)62-26-16-24-52-48-22-12-14-28-66(48)76-70(52)62/h5-42H,1-4H3. The molecule has 0 atom stereocenters. The van der Waals surface area contributed by atoms with Gasteiger partial charge in [-0.2, -0.15) is 0 Å². The van der Waals surface area contributed by atoms with Gasteiger partial charge in [-0.25, -0.2) is 8.78 Å². The maximum atomic E-state index is 15.9. The Balaban J connectivity index is 1.13. The normalized spacial score (nSPS) is 12.1. The lowest BCUT2D eigenvalue weighted by molar-refractivity contribution is 0.628. The van der Waals surface area contributed by atoms with Crippen molar-refractivity contribution >= 4 is 110 Å². The third-order valence-corrected chi connectivity index (χ3v) is 15.5. The maximum absolute atomic E-state index is 15.9. The smallest absolute Gasteiger partial charge is 0.159 e. The highest BCUT2D eigenvalue weighted by atomic mass is 19.1. The predicted molar refractivity (Wildman–Crippen MR) is 313 cm³/mol. The van der Waals surface area contributed by atoms with Crippen molar-refractivity contribution in [3.05, 3.63) is 241 Å². The Morgan fingerprint density at radius 1 is 0.316 bits per heavy atom. The van der Waals surface area contributed by atoms with Gasteiger partial charge in [-0.05, 0) is 128 Å². The van der Waals surface area contributed by atoms with Crippen molar-refractivity contribution in [2.75, 3.05) is 9.80 Å². The van der Waals surface area contributed by atoms with Gasteiger partial charge >= 0.3 is 0 Å². The van der Waals surface area contributed by atoms with Gasteiger partial charge in [0.05, 0.1) is 34.1 Å². The Morgan fingerprint density at radius 2 is 0.697 bits per heavy atom. The Bertz CT molecular complexity index is 4280. The van der Waals surface area contributed by atoms with Crippen LogP contribution in [-0.2, 0) is 0 Å². The molecule has 12 aromatic carbocycles. The Kier molecular flexibility index (Phi) is 10.6. The molecule has 0 bridgehead atoms. The minimum absolute atomic E-state index is 0.104. The molecule has 4 nitrogen and oxygen atoms in total. The highest BCUT2D eigenvalue weighted by Gasteiger charge is 2.30. The van der Waals surface area contributed by atoms with E-state index in [4.69, 9.17) is 8.83 Å². The van der Waals surface area contributed by atoms with Gasteiger partial charge in [-0.15, -0.1) is 0 Å². The molecule has 2 heterocycles. The van der Waals surface area contributed by atoms with Crippen molar-refractivity contribution < 1.29 is 17.6 Å². The molecule has 0 amide bonds. The quantitative estimate of drug-likeness (QED) is 0.128. The second-order valence-electron chi connectivity index (χ2n) is 20.6. The van der Waals surface area contributed by atoms with E-state index in [2.05, 4.69) is 122 Å². The summed E-state index contributed by atoms with van der Waals surface area (Å²) in [6.07, 6.45) is 0. The highest BCUT2D eigenvalue weighted by Crippen LogP contribution is 2.55. The van der Waals surface area contributed by atoms with Gasteiger partial charge in [-0.3, -0.25) is 0 Å². The second-order valence-corrected chi connectivity index (χ2v) is 20.6. The molecular formula is C70H50F2N2O2. The number of anilines is 6. The fourth-order valence-electron chi connectivity index (χ4n) is 12.0. The predicted octanol–water partition coefficient (Wildman–Crippen LogP) is 21.2. The molecule has 0 saturated carbocycles. The van der Waals surface area contributed by atoms with E-state index >= 15 is 8.78 Å². The zero-order chi connectivity index (χ0) is 51.3. The first-order chi connectivity index (χ1) is 37.2. The SMILES string of the molecule is CC(C)c1cc(N(c2ccc(F)cc2-c2ccccc2)c2cccc3c2oc2ccccc23)c2ccc3c(C(C)C)cc(N(c4ccc(F)cc4-c4ccccc4)c4cccc5c4oc4ccccc45)c4ccc1c2c34. The third kappa shape index (κ3) is 7.08. The summed E-state index contributed by atoms with van der Waals surface area (Å²) < 4.78 is 45.5. The molecule has 14 rings (SSSR count). The van der Waals surface area contributed by atoms with Crippen LogP contribution < -0.4 is 9.80 Å². The molecule has 0 aliphatic carbocycles. The van der Waals surface area contributed by atoms with Crippen LogP contribution in [0.25, 0.3) is 98.4 Å². The van der Waals surface area contributed by atoms with Gasteiger partial charge in [0.15, 0.2) is 11.2 Å². The van der Waals surface area contributed by atoms with E-state index < -0.39 is 0 Å². The van der Waals surface area contributed by atoms with E-state index in [-0.39, 0.29) is 23.5 Å². The molecule has 0 spiro atoms. The van der Waals surface area contributed by atoms with E-state index in [1.807, 2.05) is 109 Å². The summed E-state index contributed by atoms with van der Waals surface area (Å²) in [6, 6.07) is 73.2. The average molecular weight is 989 g/mol. The average Bonchev–Trinajstić information content (AvgIpc) is 4.04. The van der Waals surface area contributed by atoms with Gasteiger partial charge in [0.25, 0.3) is 0 Å². The summed E-state index contributed by atoms with van der Waals surface area (Å²) in [7, 11) is 0. The topological polar surface area (TPSA) is 32.8 Å². The number of hydrogen-bond acceptors (Lipinski definition) is 4. The lowest BCUT2D eigenvalue weighted by Crippen LogP contribution is -2.14. The number of fused-ring (bicyclic) bond motifs is 6. The van der Waals surface area contributed by atoms with Crippen LogP contribution in [0.4, 0.5) is 42.9 Å². The van der Waals surface area contributed by atoms with Crippen molar-refractivity contribution in [2.24, 2.45) is 0 Å². The van der Waals surface area contributed by atoms with Crippen LogP contribution in [0.1, 0.15) is 50.7 Å². The van der Waals surface area contributed by atoms with E-state index in [1.54, 1.807) is 24.3 Å². The molecule has 0 fully saturated rings. The Labute approximate surface area is 438 Å². The summed E-state index contributed by atoms with van der Waals surface area (Å²) in [5.74, 6) is -0.437. The summed E-state index contributed by atoms with van der Waals surface area (Å²) in [4.78, 5) is 4.60. The molecule has 0 aliphatic rings. The highest BCUT2D eigenvalue weighted by molar-refractivity contribution is 6.30. The molecular weight excluding hydrogens is 939 g/mol. The summed E-state index contributed by atoms with van der Waals surface area (Å²) in [6.45, 7) is 9.03. The zero-order valence-electron chi connectivity index (χ0n) is 42.4. The largest absolute Gasteiger partial charge is 0.454 e. The first-order valence-corrected chi connectivity index (χ1v) is 26.1. The number of nitrogens with zero attached hydrogens (tertiary/aromatic N) is 2. The van der Waals surface area contributed by atoms with E-state index in [0.29, 0.717) is 0 Å². The molecule has 6 heteroatoms. The van der Waals surface area contributed by atoms with Crippen molar-refractivity contribution in [2.45, 2.75) is 39.5 Å². The fourth-order valence-corrected chi connectivity index (χ4v) is 12.0. The van der Waals surface area contributed by atoms with Crippen LogP contribution >= 0.6 is 0 Å². The van der Waals surface area contributed by atoms with E-state index in [0.717, 1.165) is 133 Å². The van der Waals surface area contributed by atoms with E-state index in [9.17, 15) is 0 Å². The fraction of sp³-hybridized carbons (Fsp3) is 0.0857. The molecule has 0 unspecified atom stereocenters. The number of halogens is 2. The zero-order valence-corrected chi connectivity index (χ0v) is 42.4. The molecule has 2 aromatic heterocycles. The molecule has 14 aromatic rings. The first-order valence-electron chi connectivity index (χ1n) is 26.1. The number of hydrogen-bond donors (Lipinski definition) is 0. The third-order valence-electron chi connectivity index (χ3n) is 15.5. The lowest BCUT2D eigenvalue weighted by atomic mass is 9.83. The number of para-hydroxylation sites is 4. The van der Waals surface area contributed by atoms with Crippen LogP contribution in [0.5, 0.6) is 0 Å². The second kappa shape index (κ2) is 17.7. The molecule has 366 valence electrons. The first kappa shape index (κ1) is 45.4. The van der Waals surface area contributed by atoms with Gasteiger partial charge in [0, 0.05) is 43.4 Å². The summed E-state index contributed by atoms with van der Waals surface area (Å²) >= 11 is 0. The molecule has 0 radical (unpaired) electrons. The van der Waals surface area contributed by atoms with Gasteiger partial charge < -0.3 is 18.6 Å². The van der Waals surface area contributed by atoms with Crippen LogP contribution in [-0.4, -0.2) is 0 Å². The number of benzene rings is 12. The number of rotatable bonds is 10. The Hall–Kier alpha value is -9.26. The molecule has 76 heavy (non-hydrogen) atoms. The van der Waals surface area contributed by atoms with Crippen LogP contribution in [0.3, 0.4) is 0 Å². The lowest BCUT2D eigenvalue weighted by Gasteiger charge is -2.32. The van der Waals surface area contributed by atoms with Gasteiger partial charge in [-0.1, -0.05) is 173 Å². The monoisotopic (exact) mass is 988 g/mol. The minimum atomic E-state index is -0.323. The Morgan fingerprint density at radius 3 is 1.12 bits per heavy atom. The maximum Gasteiger partial charge on any atom is 0.159 e. The van der Waals surface area contributed by atoms with Gasteiger partial charge in [0.1, 0.15) is 22.8 Å². The summed E-state index contributed by atoms with van der Waals surface area (Å²) in [5, 5.41) is 10.6. The molecule has 0 saturated heterocycles. The number of furan rings is 2.